The molecule has 128 valence electrons. The van der Waals surface area contributed by atoms with Gasteiger partial charge in [0.15, 0.2) is 11.5 Å². The van der Waals surface area contributed by atoms with Gasteiger partial charge in [-0.3, -0.25) is 4.79 Å². The number of carbonyl (C=O) groups excluding carboxylic acids is 1. The fraction of sp³-hybridized carbons (Fsp3) is 0.111. The molecule has 7 heteroatoms. The monoisotopic (exact) mass is 376 g/mol. The Morgan fingerprint density at radius 1 is 1.12 bits per heavy atom. The number of para-hydroxylation sites is 1. The second-order valence-corrected chi connectivity index (χ2v) is 5.65. The molecule has 2 rings (SSSR count). The van der Waals surface area contributed by atoms with Crippen LogP contribution in [0.1, 0.15) is 5.56 Å². The van der Waals surface area contributed by atoms with E-state index in [1.807, 2.05) is 6.07 Å². The first-order valence-corrected chi connectivity index (χ1v) is 7.85. The van der Waals surface area contributed by atoms with Gasteiger partial charge in [-0.15, -0.1) is 0 Å². The first-order chi connectivity index (χ1) is 12.0. The van der Waals surface area contributed by atoms with Gasteiger partial charge in [-0.1, -0.05) is 35.3 Å². The number of methoxy groups -OCH3 is 2. The lowest BCUT2D eigenvalue weighted by atomic mass is 10.1. The Labute approximate surface area is 155 Å². The van der Waals surface area contributed by atoms with Gasteiger partial charge in [0.25, 0.3) is 5.91 Å². The Morgan fingerprint density at radius 3 is 2.32 bits per heavy atom. The minimum Gasteiger partial charge on any atom is -0.493 e. The normalized spacial score (nSPS) is 10.8. The summed E-state index contributed by atoms with van der Waals surface area (Å²) in [7, 11) is 3.03. The molecular weight excluding hydrogens is 363 g/mol. The summed E-state index contributed by atoms with van der Waals surface area (Å²) < 4.78 is 10.4. The van der Waals surface area contributed by atoms with Gasteiger partial charge < -0.3 is 14.8 Å². The number of nitrogens with zero attached hydrogens (tertiary/aromatic N) is 1. The minimum absolute atomic E-state index is 0.108. The highest BCUT2D eigenvalue weighted by molar-refractivity contribution is 6.40. The molecule has 0 aliphatic carbocycles. The number of anilines is 1. The Kier molecular flexibility index (Phi) is 6.29. The zero-order valence-electron chi connectivity index (χ0n) is 13.5. The molecule has 0 aliphatic heterocycles. The van der Waals surface area contributed by atoms with E-state index in [-0.39, 0.29) is 21.3 Å². The van der Waals surface area contributed by atoms with Gasteiger partial charge in [-0.2, -0.15) is 5.26 Å². The number of ether oxygens (including phenoxy) is 2. The van der Waals surface area contributed by atoms with Crippen molar-refractivity contribution >= 4 is 40.9 Å². The van der Waals surface area contributed by atoms with E-state index < -0.39 is 5.91 Å². The zero-order valence-corrected chi connectivity index (χ0v) is 15.0. The third kappa shape index (κ3) is 4.44. The summed E-state index contributed by atoms with van der Waals surface area (Å²) in [5.41, 5.74) is 0.752. The first kappa shape index (κ1) is 18.7. The maximum Gasteiger partial charge on any atom is 0.266 e. The molecule has 25 heavy (non-hydrogen) atoms. The summed E-state index contributed by atoms with van der Waals surface area (Å²) in [6.07, 6.45) is 1.43. The van der Waals surface area contributed by atoms with Crippen LogP contribution in [0.2, 0.25) is 10.0 Å². The van der Waals surface area contributed by atoms with Crippen molar-refractivity contribution in [2.24, 2.45) is 0 Å². The lowest BCUT2D eigenvalue weighted by molar-refractivity contribution is -0.112. The Hall–Kier alpha value is -2.68. The Morgan fingerprint density at radius 2 is 1.76 bits per heavy atom. The highest BCUT2D eigenvalue weighted by Gasteiger charge is 2.14. The summed E-state index contributed by atoms with van der Waals surface area (Å²) in [4.78, 5) is 12.4. The molecule has 1 N–H and O–H groups in total. The van der Waals surface area contributed by atoms with E-state index in [9.17, 15) is 10.1 Å². The minimum atomic E-state index is -0.618. The van der Waals surface area contributed by atoms with Gasteiger partial charge in [-0.25, -0.2) is 0 Å². The topological polar surface area (TPSA) is 71.3 Å². The molecule has 2 aromatic rings. The van der Waals surface area contributed by atoms with Gasteiger partial charge in [0.2, 0.25) is 0 Å². The van der Waals surface area contributed by atoms with Gasteiger partial charge in [0.1, 0.15) is 11.6 Å². The van der Waals surface area contributed by atoms with Gasteiger partial charge in [0.05, 0.1) is 30.0 Å². The van der Waals surface area contributed by atoms with Crippen LogP contribution in [0.5, 0.6) is 11.5 Å². The van der Waals surface area contributed by atoms with Crippen LogP contribution in [0.3, 0.4) is 0 Å². The summed E-state index contributed by atoms with van der Waals surface area (Å²) in [5, 5.41) is 12.4. The van der Waals surface area contributed by atoms with Crippen molar-refractivity contribution in [3.63, 3.8) is 0 Å². The van der Waals surface area contributed by atoms with E-state index in [0.29, 0.717) is 17.1 Å². The smallest absolute Gasteiger partial charge is 0.266 e. The van der Waals surface area contributed by atoms with Crippen molar-refractivity contribution in [2.75, 3.05) is 19.5 Å². The van der Waals surface area contributed by atoms with Crippen molar-refractivity contribution < 1.29 is 14.3 Å². The second-order valence-electron chi connectivity index (χ2n) is 4.84. The maximum absolute atomic E-state index is 12.4. The third-order valence-electron chi connectivity index (χ3n) is 3.28. The van der Waals surface area contributed by atoms with Crippen LogP contribution >= 0.6 is 23.2 Å². The van der Waals surface area contributed by atoms with E-state index in [1.54, 1.807) is 36.4 Å². The average Bonchev–Trinajstić information content (AvgIpc) is 2.62. The number of amides is 1. The molecule has 5 nitrogen and oxygen atoms in total. The number of nitriles is 1. The molecule has 0 bridgehead atoms. The van der Waals surface area contributed by atoms with Crippen LogP contribution < -0.4 is 14.8 Å². The van der Waals surface area contributed by atoms with Crippen LogP contribution in [0.25, 0.3) is 6.08 Å². The number of rotatable bonds is 5. The number of hydrogen-bond donors (Lipinski definition) is 1. The maximum atomic E-state index is 12.4. The fourth-order valence-corrected chi connectivity index (χ4v) is 2.55. The van der Waals surface area contributed by atoms with Crippen molar-refractivity contribution in [3.8, 4) is 17.6 Å². The average molecular weight is 377 g/mol. The molecule has 2 aromatic carbocycles. The molecule has 1 amide bonds. The summed E-state index contributed by atoms with van der Waals surface area (Å²) in [6.45, 7) is 0. The molecule has 0 saturated carbocycles. The number of nitrogens with one attached hydrogen (secondary N) is 1. The fourth-order valence-electron chi connectivity index (χ4n) is 2.06. The highest BCUT2D eigenvalue weighted by Crippen LogP contribution is 2.31. The SMILES string of the molecule is COc1ccc(/C=C(\C#N)C(=O)Nc2c(Cl)cccc2Cl)cc1OC. The van der Waals surface area contributed by atoms with Gasteiger partial charge in [-0.05, 0) is 35.9 Å². The summed E-state index contributed by atoms with van der Waals surface area (Å²) >= 11 is 12.0. The van der Waals surface area contributed by atoms with E-state index in [0.717, 1.165) is 0 Å². The lowest BCUT2D eigenvalue weighted by Gasteiger charge is -2.09. The van der Waals surface area contributed by atoms with E-state index >= 15 is 0 Å². The van der Waals surface area contributed by atoms with Gasteiger partial charge >= 0.3 is 0 Å². The highest BCUT2D eigenvalue weighted by atomic mass is 35.5. The summed E-state index contributed by atoms with van der Waals surface area (Å²) in [6, 6.07) is 11.7. The Balaban J connectivity index is 2.31. The largest absolute Gasteiger partial charge is 0.493 e. The number of halogens is 2. The van der Waals surface area contributed by atoms with E-state index in [1.165, 1.54) is 20.3 Å². The third-order valence-corrected chi connectivity index (χ3v) is 3.91. The molecule has 0 aromatic heterocycles. The molecule has 0 fully saturated rings. The summed E-state index contributed by atoms with van der Waals surface area (Å²) in [5.74, 6) is 0.417. The first-order valence-electron chi connectivity index (χ1n) is 7.09. The van der Waals surface area contributed by atoms with Crippen LogP contribution in [-0.4, -0.2) is 20.1 Å². The van der Waals surface area contributed by atoms with Crippen molar-refractivity contribution in [3.05, 3.63) is 57.6 Å². The Bertz CT molecular complexity index is 853. The number of carbonyl (C=O) groups is 1. The second kappa shape index (κ2) is 8.43. The molecule has 0 unspecified atom stereocenters. The molecular formula is C18H14Cl2N2O3. The van der Waals surface area contributed by atoms with Crippen molar-refractivity contribution in [1.82, 2.24) is 0 Å². The molecule has 0 spiro atoms. The standard InChI is InChI=1S/C18H14Cl2N2O3/c1-24-15-7-6-11(9-16(15)25-2)8-12(10-21)18(23)22-17-13(19)4-3-5-14(17)20/h3-9H,1-2H3,(H,22,23)/b12-8+. The molecule has 0 saturated heterocycles. The lowest BCUT2D eigenvalue weighted by Crippen LogP contribution is -2.14. The molecule has 0 radical (unpaired) electrons. The van der Waals surface area contributed by atoms with E-state index in [2.05, 4.69) is 5.32 Å². The predicted molar refractivity (Wildman–Crippen MR) is 98.2 cm³/mol. The van der Waals surface area contributed by atoms with Crippen LogP contribution in [0, 0.1) is 11.3 Å². The van der Waals surface area contributed by atoms with Crippen LogP contribution in [0.4, 0.5) is 5.69 Å². The van der Waals surface area contributed by atoms with E-state index in [4.69, 9.17) is 32.7 Å². The molecule has 0 heterocycles. The van der Waals surface area contributed by atoms with Crippen molar-refractivity contribution in [2.45, 2.75) is 0 Å². The number of hydrogen-bond acceptors (Lipinski definition) is 4. The zero-order chi connectivity index (χ0) is 18.4. The quantitative estimate of drug-likeness (QED) is 0.613. The molecule has 0 aliphatic rings. The predicted octanol–water partition coefficient (Wildman–Crippen LogP) is 4.56. The number of benzene rings is 2. The van der Waals surface area contributed by atoms with Crippen LogP contribution in [-0.2, 0) is 4.79 Å². The molecule has 0 atom stereocenters. The van der Waals surface area contributed by atoms with Gasteiger partial charge in [0, 0.05) is 0 Å². The van der Waals surface area contributed by atoms with Crippen molar-refractivity contribution in [1.29, 1.82) is 5.26 Å². The van der Waals surface area contributed by atoms with Crippen LogP contribution in [0.15, 0.2) is 42.0 Å².